The first-order valence-electron chi connectivity index (χ1n) is 5.70. The zero-order chi connectivity index (χ0) is 13.6. The number of aromatic amines is 1. The fourth-order valence-electron chi connectivity index (χ4n) is 2.09. The lowest BCUT2D eigenvalue weighted by atomic mass is 10.2. The topological polar surface area (TPSA) is 96.9 Å². The van der Waals surface area contributed by atoms with Crippen molar-refractivity contribution in [2.45, 2.75) is 0 Å². The van der Waals surface area contributed by atoms with E-state index in [-0.39, 0.29) is 5.56 Å². The van der Waals surface area contributed by atoms with E-state index in [1.54, 1.807) is 18.3 Å². The van der Waals surface area contributed by atoms with Gasteiger partial charge in [0.05, 0.1) is 28.0 Å². The Morgan fingerprint density at radius 3 is 2.84 bits per heavy atom. The summed E-state index contributed by atoms with van der Waals surface area (Å²) in [7, 11) is 1.88. The lowest BCUT2D eigenvalue weighted by molar-refractivity contribution is 0.0697. The van der Waals surface area contributed by atoms with E-state index < -0.39 is 5.97 Å². The Hall–Kier alpha value is -2.76. The molecule has 3 aromatic rings. The van der Waals surface area contributed by atoms with Crippen LogP contribution in [0, 0.1) is 0 Å². The molecule has 2 heterocycles. The van der Waals surface area contributed by atoms with Crippen LogP contribution in [-0.4, -0.2) is 25.6 Å². The first-order chi connectivity index (χ1) is 9.04. The number of hydrogen-bond acceptors (Lipinski definition) is 3. The second-order valence-electron chi connectivity index (χ2n) is 4.39. The lowest BCUT2D eigenvalue weighted by Crippen LogP contribution is -1.94. The molecule has 0 fully saturated rings. The highest BCUT2D eigenvalue weighted by atomic mass is 16.4. The van der Waals surface area contributed by atoms with Gasteiger partial charge in [-0.15, -0.1) is 0 Å². The molecule has 6 nitrogen and oxygen atoms in total. The Bertz CT molecular complexity index is 785. The molecule has 3 rings (SSSR count). The van der Waals surface area contributed by atoms with Crippen LogP contribution < -0.4 is 5.73 Å². The molecule has 0 saturated heterocycles. The van der Waals surface area contributed by atoms with E-state index in [4.69, 9.17) is 10.8 Å². The smallest absolute Gasteiger partial charge is 0.335 e. The fraction of sp³-hybridized carbons (Fsp3) is 0.0769. The summed E-state index contributed by atoms with van der Waals surface area (Å²) in [5.74, 6) is -0.294. The fourth-order valence-corrected chi connectivity index (χ4v) is 2.09. The maximum Gasteiger partial charge on any atom is 0.335 e. The molecule has 4 N–H and O–H groups in total. The molecule has 0 radical (unpaired) electrons. The van der Waals surface area contributed by atoms with E-state index in [1.807, 2.05) is 17.7 Å². The van der Waals surface area contributed by atoms with Crippen LogP contribution in [0.2, 0.25) is 0 Å². The van der Waals surface area contributed by atoms with E-state index in [0.29, 0.717) is 17.0 Å². The van der Waals surface area contributed by atoms with Crippen molar-refractivity contribution in [2.75, 3.05) is 5.73 Å². The van der Waals surface area contributed by atoms with Crippen LogP contribution >= 0.6 is 0 Å². The third kappa shape index (κ3) is 1.83. The van der Waals surface area contributed by atoms with E-state index in [2.05, 4.69) is 9.97 Å². The number of aromatic carboxylic acids is 1. The number of carboxylic acids is 1. The Kier molecular flexibility index (Phi) is 2.31. The number of carbonyl (C=O) groups is 1. The quantitative estimate of drug-likeness (QED) is 0.651. The van der Waals surface area contributed by atoms with Gasteiger partial charge in [-0.2, -0.15) is 0 Å². The number of aryl methyl sites for hydroxylation is 1. The van der Waals surface area contributed by atoms with Crippen molar-refractivity contribution in [2.24, 2.45) is 7.05 Å². The number of H-pyrrole nitrogens is 1. The minimum absolute atomic E-state index is 0.231. The Morgan fingerprint density at radius 2 is 2.21 bits per heavy atom. The van der Waals surface area contributed by atoms with E-state index in [9.17, 15) is 4.79 Å². The van der Waals surface area contributed by atoms with Crippen molar-refractivity contribution >= 4 is 22.7 Å². The van der Waals surface area contributed by atoms with Crippen LogP contribution in [0.4, 0.5) is 5.69 Å². The van der Waals surface area contributed by atoms with Crippen molar-refractivity contribution in [3.05, 3.63) is 36.0 Å². The summed E-state index contributed by atoms with van der Waals surface area (Å²) in [6.45, 7) is 0. The van der Waals surface area contributed by atoms with Crippen molar-refractivity contribution in [1.82, 2.24) is 14.5 Å². The lowest BCUT2D eigenvalue weighted by Gasteiger charge is -1.96. The summed E-state index contributed by atoms with van der Waals surface area (Å²) in [6, 6.07) is 6.61. The summed E-state index contributed by atoms with van der Waals surface area (Å²) in [6.07, 6.45) is 1.80. The van der Waals surface area contributed by atoms with Gasteiger partial charge >= 0.3 is 5.97 Å². The predicted molar refractivity (Wildman–Crippen MR) is 71.9 cm³/mol. The summed E-state index contributed by atoms with van der Waals surface area (Å²) >= 11 is 0. The highest BCUT2D eigenvalue weighted by molar-refractivity contribution is 5.92. The third-order valence-electron chi connectivity index (χ3n) is 3.00. The minimum Gasteiger partial charge on any atom is -0.478 e. The molecule has 1 aromatic carbocycles. The number of nitrogen functional groups attached to an aromatic ring is 1. The van der Waals surface area contributed by atoms with Gasteiger partial charge in [-0.1, -0.05) is 0 Å². The van der Waals surface area contributed by atoms with E-state index >= 15 is 0 Å². The zero-order valence-electron chi connectivity index (χ0n) is 10.2. The van der Waals surface area contributed by atoms with Crippen LogP contribution in [0.3, 0.4) is 0 Å². The van der Waals surface area contributed by atoms with Gasteiger partial charge < -0.3 is 20.4 Å². The number of rotatable bonds is 2. The largest absolute Gasteiger partial charge is 0.478 e. The minimum atomic E-state index is -0.957. The molecule has 0 aliphatic heterocycles. The maximum atomic E-state index is 10.9. The molecule has 6 heteroatoms. The van der Waals surface area contributed by atoms with Gasteiger partial charge in [0, 0.05) is 13.2 Å². The molecule has 2 aromatic heterocycles. The first kappa shape index (κ1) is 11.3. The van der Waals surface area contributed by atoms with Crippen molar-refractivity contribution in [3.8, 4) is 11.5 Å². The summed E-state index contributed by atoms with van der Waals surface area (Å²) in [4.78, 5) is 18.5. The number of imidazole rings is 1. The van der Waals surface area contributed by atoms with Crippen LogP contribution in [-0.2, 0) is 7.05 Å². The predicted octanol–water partition coefficient (Wildman–Crippen LogP) is 1.85. The van der Waals surface area contributed by atoms with E-state index in [1.165, 1.54) is 6.07 Å². The summed E-state index contributed by atoms with van der Waals surface area (Å²) < 4.78 is 1.87. The van der Waals surface area contributed by atoms with Crippen molar-refractivity contribution < 1.29 is 9.90 Å². The average molecular weight is 256 g/mol. The van der Waals surface area contributed by atoms with Crippen LogP contribution in [0.5, 0.6) is 0 Å². The molecule has 0 aliphatic rings. The van der Waals surface area contributed by atoms with Gasteiger partial charge in [-0.05, 0) is 24.3 Å². The molecule has 0 spiro atoms. The second kappa shape index (κ2) is 3.88. The van der Waals surface area contributed by atoms with Gasteiger partial charge in [-0.25, -0.2) is 9.78 Å². The second-order valence-corrected chi connectivity index (χ2v) is 4.39. The zero-order valence-corrected chi connectivity index (χ0v) is 10.2. The number of benzene rings is 1. The number of aromatic nitrogens is 3. The molecule has 0 saturated carbocycles. The number of hydrogen-bond donors (Lipinski definition) is 3. The number of nitrogens with one attached hydrogen (secondary N) is 1. The van der Waals surface area contributed by atoms with Gasteiger partial charge in [0.25, 0.3) is 0 Å². The van der Waals surface area contributed by atoms with Crippen LogP contribution in [0.15, 0.2) is 30.5 Å². The van der Waals surface area contributed by atoms with E-state index in [0.717, 1.165) is 11.2 Å². The molecule has 96 valence electrons. The molecule has 0 aliphatic carbocycles. The Labute approximate surface area is 108 Å². The average Bonchev–Trinajstić information content (AvgIpc) is 2.90. The number of fused-ring (bicyclic) bond motifs is 1. The van der Waals surface area contributed by atoms with Gasteiger partial charge in [0.15, 0.2) is 5.82 Å². The molecule has 0 amide bonds. The summed E-state index contributed by atoms with van der Waals surface area (Å²) in [5.41, 5.74) is 8.89. The highest BCUT2D eigenvalue weighted by Crippen LogP contribution is 2.23. The molecular formula is C13H12N4O2. The molecular weight excluding hydrogens is 244 g/mol. The first-order valence-corrected chi connectivity index (χ1v) is 5.70. The number of nitrogens with zero attached hydrogens (tertiary/aromatic N) is 2. The number of nitrogens with two attached hydrogens (primary N) is 1. The number of anilines is 1. The SMILES string of the molecule is Cn1cc(N)cc1-c1nc2ccc(C(=O)O)cc2[nH]1. The molecule has 19 heavy (non-hydrogen) atoms. The van der Waals surface area contributed by atoms with Crippen molar-refractivity contribution in [1.29, 1.82) is 0 Å². The normalized spacial score (nSPS) is 11.0. The monoisotopic (exact) mass is 256 g/mol. The summed E-state index contributed by atoms with van der Waals surface area (Å²) in [5, 5.41) is 8.96. The third-order valence-corrected chi connectivity index (χ3v) is 3.00. The van der Waals surface area contributed by atoms with Crippen LogP contribution in [0.25, 0.3) is 22.6 Å². The van der Waals surface area contributed by atoms with Gasteiger partial charge in [0.2, 0.25) is 0 Å². The maximum absolute atomic E-state index is 10.9. The number of carboxylic acid groups (broad SMARTS) is 1. The van der Waals surface area contributed by atoms with Gasteiger partial charge in [0.1, 0.15) is 0 Å². The standard InChI is InChI=1S/C13H12N4O2/c1-17-6-8(14)5-11(17)12-15-9-3-2-7(13(18)19)4-10(9)16-12/h2-6H,14H2,1H3,(H,15,16)(H,18,19). The Morgan fingerprint density at radius 1 is 1.42 bits per heavy atom. The molecule has 0 unspecified atom stereocenters. The van der Waals surface area contributed by atoms with Crippen molar-refractivity contribution in [3.63, 3.8) is 0 Å². The highest BCUT2D eigenvalue weighted by Gasteiger charge is 2.11. The van der Waals surface area contributed by atoms with Crippen LogP contribution in [0.1, 0.15) is 10.4 Å². The van der Waals surface area contributed by atoms with Gasteiger partial charge in [-0.3, -0.25) is 0 Å². The molecule has 0 atom stereocenters. The molecule has 0 bridgehead atoms. The Balaban J connectivity index is 2.16.